The SMILES string of the molecule is CNCc1cnn(Cc2ccc(OC)c(Br)c2)c1C. The molecule has 5 heteroatoms. The summed E-state index contributed by atoms with van der Waals surface area (Å²) < 4.78 is 8.21. The maximum Gasteiger partial charge on any atom is 0.133 e. The van der Waals surface area contributed by atoms with E-state index in [1.165, 1.54) is 16.8 Å². The van der Waals surface area contributed by atoms with Gasteiger partial charge in [0.1, 0.15) is 5.75 Å². The number of aromatic nitrogens is 2. The van der Waals surface area contributed by atoms with Gasteiger partial charge in [-0.25, -0.2) is 0 Å². The van der Waals surface area contributed by atoms with Crippen molar-refractivity contribution in [1.82, 2.24) is 15.1 Å². The van der Waals surface area contributed by atoms with Gasteiger partial charge in [0, 0.05) is 17.8 Å². The van der Waals surface area contributed by atoms with Gasteiger partial charge < -0.3 is 10.1 Å². The summed E-state index contributed by atoms with van der Waals surface area (Å²) in [5.41, 5.74) is 3.62. The lowest BCUT2D eigenvalue weighted by Crippen LogP contribution is -2.08. The van der Waals surface area contributed by atoms with Gasteiger partial charge in [-0.15, -0.1) is 0 Å². The highest BCUT2D eigenvalue weighted by molar-refractivity contribution is 9.10. The number of rotatable bonds is 5. The highest BCUT2D eigenvalue weighted by Gasteiger charge is 2.07. The second kappa shape index (κ2) is 6.21. The quantitative estimate of drug-likeness (QED) is 0.919. The van der Waals surface area contributed by atoms with E-state index in [0.717, 1.165) is 23.3 Å². The number of halogens is 1. The van der Waals surface area contributed by atoms with Gasteiger partial charge in [-0.05, 0) is 47.6 Å². The zero-order chi connectivity index (χ0) is 13.8. The van der Waals surface area contributed by atoms with Gasteiger partial charge >= 0.3 is 0 Å². The Bertz CT molecular complexity index is 566. The monoisotopic (exact) mass is 323 g/mol. The standard InChI is InChI=1S/C14H18BrN3O/c1-10-12(7-16-2)8-17-18(10)9-11-4-5-14(19-3)13(15)6-11/h4-6,8,16H,7,9H2,1-3H3. The van der Waals surface area contributed by atoms with Crippen molar-refractivity contribution in [2.24, 2.45) is 0 Å². The second-order valence-corrected chi connectivity index (χ2v) is 5.27. The fourth-order valence-electron chi connectivity index (χ4n) is 1.99. The molecule has 2 rings (SSSR count). The van der Waals surface area contributed by atoms with Gasteiger partial charge in [-0.2, -0.15) is 5.10 Å². The number of methoxy groups -OCH3 is 1. The predicted molar refractivity (Wildman–Crippen MR) is 79.5 cm³/mol. The molecule has 0 aliphatic rings. The molecule has 0 atom stereocenters. The van der Waals surface area contributed by atoms with Crippen LogP contribution in [0.25, 0.3) is 0 Å². The minimum atomic E-state index is 0.762. The van der Waals surface area contributed by atoms with Crippen LogP contribution in [0.2, 0.25) is 0 Å². The summed E-state index contributed by atoms with van der Waals surface area (Å²) in [4.78, 5) is 0. The Morgan fingerprint density at radius 3 is 2.84 bits per heavy atom. The van der Waals surface area contributed by atoms with Crippen LogP contribution in [0.4, 0.5) is 0 Å². The Morgan fingerprint density at radius 2 is 2.21 bits per heavy atom. The van der Waals surface area contributed by atoms with Crippen LogP contribution in [0.1, 0.15) is 16.8 Å². The topological polar surface area (TPSA) is 39.1 Å². The van der Waals surface area contributed by atoms with E-state index in [-0.39, 0.29) is 0 Å². The molecule has 0 spiro atoms. The molecular weight excluding hydrogens is 306 g/mol. The van der Waals surface area contributed by atoms with Gasteiger partial charge in [-0.3, -0.25) is 4.68 Å². The number of nitrogens with zero attached hydrogens (tertiary/aromatic N) is 2. The highest BCUT2D eigenvalue weighted by Crippen LogP contribution is 2.26. The fraction of sp³-hybridized carbons (Fsp3) is 0.357. The Balaban J connectivity index is 2.19. The summed E-state index contributed by atoms with van der Waals surface area (Å²) >= 11 is 3.50. The lowest BCUT2D eigenvalue weighted by atomic mass is 10.2. The molecule has 0 saturated heterocycles. The summed E-state index contributed by atoms with van der Waals surface area (Å²) in [5, 5.41) is 7.58. The van der Waals surface area contributed by atoms with E-state index in [2.05, 4.69) is 45.4 Å². The first kappa shape index (κ1) is 14.1. The predicted octanol–water partition coefficient (Wildman–Crippen LogP) is 2.73. The third-order valence-electron chi connectivity index (χ3n) is 3.12. The zero-order valence-electron chi connectivity index (χ0n) is 11.4. The van der Waals surface area contributed by atoms with E-state index in [9.17, 15) is 0 Å². The van der Waals surface area contributed by atoms with Crippen molar-refractivity contribution >= 4 is 15.9 Å². The van der Waals surface area contributed by atoms with Gasteiger partial charge in [-0.1, -0.05) is 6.07 Å². The number of ether oxygens (including phenoxy) is 1. The van der Waals surface area contributed by atoms with E-state index in [1.807, 2.05) is 24.0 Å². The maximum absolute atomic E-state index is 5.23. The summed E-state index contributed by atoms with van der Waals surface area (Å²) in [6.45, 7) is 3.70. The van der Waals surface area contributed by atoms with Gasteiger partial charge in [0.2, 0.25) is 0 Å². The van der Waals surface area contributed by atoms with Crippen LogP contribution in [0.3, 0.4) is 0 Å². The smallest absolute Gasteiger partial charge is 0.133 e. The largest absolute Gasteiger partial charge is 0.496 e. The summed E-state index contributed by atoms with van der Waals surface area (Å²) in [6.07, 6.45) is 1.92. The molecule has 1 N–H and O–H groups in total. The Labute approximate surface area is 121 Å². The Kier molecular flexibility index (Phi) is 4.61. The minimum Gasteiger partial charge on any atom is -0.496 e. The van der Waals surface area contributed by atoms with Crippen LogP contribution in [0, 0.1) is 6.92 Å². The van der Waals surface area contributed by atoms with Gasteiger partial charge in [0.15, 0.2) is 0 Å². The molecule has 1 aromatic carbocycles. The Hall–Kier alpha value is -1.33. The third-order valence-corrected chi connectivity index (χ3v) is 3.74. The van der Waals surface area contributed by atoms with Crippen molar-refractivity contribution in [1.29, 1.82) is 0 Å². The fourth-order valence-corrected chi connectivity index (χ4v) is 2.58. The lowest BCUT2D eigenvalue weighted by Gasteiger charge is -2.08. The van der Waals surface area contributed by atoms with Gasteiger partial charge in [0.05, 0.1) is 24.3 Å². The minimum absolute atomic E-state index is 0.762. The first-order valence-electron chi connectivity index (χ1n) is 6.14. The molecule has 19 heavy (non-hydrogen) atoms. The summed E-state index contributed by atoms with van der Waals surface area (Å²) in [5.74, 6) is 0.844. The summed E-state index contributed by atoms with van der Waals surface area (Å²) in [7, 11) is 3.61. The molecule has 102 valence electrons. The Morgan fingerprint density at radius 1 is 1.42 bits per heavy atom. The van der Waals surface area contributed by atoms with Crippen molar-refractivity contribution in [2.45, 2.75) is 20.0 Å². The van der Waals surface area contributed by atoms with Crippen LogP contribution in [0.5, 0.6) is 5.75 Å². The lowest BCUT2D eigenvalue weighted by molar-refractivity contribution is 0.412. The number of hydrogen-bond donors (Lipinski definition) is 1. The van der Waals surface area contributed by atoms with Crippen LogP contribution in [0.15, 0.2) is 28.9 Å². The van der Waals surface area contributed by atoms with Crippen molar-refractivity contribution < 1.29 is 4.74 Å². The van der Waals surface area contributed by atoms with Crippen LogP contribution < -0.4 is 10.1 Å². The van der Waals surface area contributed by atoms with E-state index in [0.29, 0.717) is 0 Å². The molecule has 0 unspecified atom stereocenters. The van der Waals surface area contributed by atoms with Crippen LogP contribution in [-0.2, 0) is 13.1 Å². The zero-order valence-corrected chi connectivity index (χ0v) is 13.0. The van der Waals surface area contributed by atoms with Crippen LogP contribution >= 0.6 is 15.9 Å². The third kappa shape index (κ3) is 3.16. The van der Waals surface area contributed by atoms with E-state index < -0.39 is 0 Å². The highest BCUT2D eigenvalue weighted by atomic mass is 79.9. The molecular formula is C14H18BrN3O. The molecule has 0 amide bonds. The van der Waals surface area contributed by atoms with E-state index in [4.69, 9.17) is 4.74 Å². The first-order chi connectivity index (χ1) is 9.15. The second-order valence-electron chi connectivity index (χ2n) is 4.41. The summed E-state index contributed by atoms with van der Waals surface area (Å²) in [6, 6.07) is 6.09. The molecule has 0 aliphatic carbocycles. The molecule has 4 nitrogen and oxygen atoms in total. The average molecular weight is 324 g/mol. The van der Waals surface area contributed by atoms with E-state index in [1.54, 1.807) is 7.11 Å². The van der Waals surface area contributed by atoms with E-state index >= 15 is 0 Å². The van der Waals surface area contributed by atoms with Crippen molar-refractivity contribution in [3.8, 4) is 5.75 Å². The molecule has 0 aliphatic heterocycles. The van der Waals surface area contributed by atoms with Gasteiger partial charge in [0.25, 0.3) is 0 Å². The maximum atomic E-state index is 5.23. The number of nitrogens with one attached hydrogen (secondary N) is 1. The number of benzene rings is 1. The molecule has 0 radical (unpaired) electrons. The average Bonchev–Trinajstić information content (AvgIpc) is 2.72. The normalized spacial score (nSPS) is 10.7. The van der Waals surface area contributed by atoms with Crippen molar-refractivity contribution in [3.05, 3.63) is 45.7 Å². The molecule has 0 fully saturated rings. The first-order valence-corrected chi connectivity index (χ1v) is 6.93. The van der Waals surface area contributed by atoms with Crippen molar-refractivity contribution in [3.63, 3.8) is 0 Å². The molecule has 1 aromatic heterocycles. The molecule has 2 aromatic rings. The van der Waals surface area contributed by atoms with Crippen molar-refractivity contribution in [2.75, 3.05) is 14.2 Å². The molecule has 1 heterocycles. The molecule has 0 bridgehead atoms. The molecule has 0 saturated carbocycles. The van der Waals surface area contributed by atoms with Crippen LogP contribution in [-0.4, -0.2) is 23.9 Å². The number of hydrogen-bond acceptors (Lipinski definition) is 3.